The molecule has 1 saturated heterocycles. The maximum absolute atomic E-state index is 3.22. The van der Waals surface area contributed by atoms with E-state index in [2.05, 4.69) is 27.8 Å². The first kappa shape index (κ1) is 9.03. The van der Waals surface area contributed by atoms with Gasteiger partial charge in [0.25, 0.3) is 0 Å². The van der Waals surface area contributed by atoms with E-state index in [1.165, 1.54) is 38.6 Å². The standard InChI is InChI=1S/C10H19N3/c1-11-13-9-5-3-7-10-6-2-4-8-12(10)13/h5,9-11H,2-4,6-8H2,1H3. The number of hydrogen-bond acceptors (Lipinski definition) is 3. The highest BCUT2D eigenvalue weighted by Crippen LogP contribution is 2.24. The van der Waals surface area contributed by atoms with Gasteiger partial charge in [-0.2, -0.15) is 0 Å². The zero-order chi connectivity index (χ0) is 9.10. The zero-order valence-corrected chi connectivity index (χ0v) is 8.37. The summed E-state index contributed by atoms with van der Waals surface area (Å²) in [7, 11) is 1.99. The second kappa shape index (κ2) is 4.11. The van der Waals surface area contributed by atoms with Gasteiger partial charge in [-0.15, -0.1) is 0 Å². The third kappa shape index (κ3) is 1.86. The van der Waals surface area contributed by atoms with Crippen molar-refractivity contribution in [1.29, 1.82) is 0 Å². The van der Waals surface area contributed by atoms with E-state index in [0.717, 1.165) is 6.04 Å². The van der Waals surface area contributed by atoms with Crippen molar-refractivity contribution in [2.24, 2.45) is 0 Å². The summed E-state index contributed by atoms with van der Waals surface area (Å²) in [6.07, 6.45) is 11.1. The van der Waals surface area contributed by atoms with Gasteiger partial charge in [0.15, 0.2) is 0 Å². The van der Waals surface area contributed by atoms with E-state index < -0.39 is 0 Å². The van der Waals surface area contributed by atoms with E-state index in [4.69, 9.17) is 0 Å². The van der Waals surface area contributed by atoms with E-state index in [1.807, 2.05) is 7.05 Å². The molecule has 1 N–H and O–H groups in total. The highest BCUT2D eigenvalue weighted by molar-refractivity contribution is 4.88. The van der Waals surface area contributed by atoms with Crippen LogP contribution in [0.4, 0.5) is 0 Å². The van der Waals surface area contributed by atoms with Crippen LogP contribution < -0.4 is 5.43 Å². The minimum atomic E-state index is 0.760. The number of rotatable bonds is 1. The van der Waals surface area contributed by atoms with Crippen LogP contribution in [0.5, 0.6) is 0 Å². The molecule has 0 aromatic carbocycles. The van der Waals surface area contributed by atoms with Crippen molar-refractivity contribution in [3.05, 3.63) is 12.3 Å². The van der Waals surface area contributed by atoms with Crippen molar-refractivity contribution in [3.8, 4) is 0 Å². The lowest BCUT2D eigenvalue weighted by Crippen LogP contribution is -2.52. The average molecular weight is 181 g/mol. The molecule has 0 spiro atoms. The smallest absolute Gasteiger partial charge is 0.0311 e. The zero-order valence-electron chi connectivity index (χ0n) is 8.37. The molecule has 0 aromatic rings. The number of allylic oxidation sites excluding steroid dienone is 1. The molecule has 3 heteroatoms. The van der Waals surface area contributed by atoms with Crippen LogP contribution >= 0.6 is 0 Å². The summed E-state index contributed by atoms with van der Waals surface area (Å²) in [4.78, 5) is 0. The normalized spacial score (nSPS) is 29.9. The van der Waals surface area contributed by atoms with Crippen LogP contribution in [0.1, 0.15) is 32.1 Å². The molecule has 1 atom stereocenters. The predicted octanol–water partition coefficient (Wildman–Crippen LogP) is 1.50. The highest BCUT2D eigenvalue weighted by atomic mass is 15.8. The molecule has 0 bridgehead atoms. The second-order valence-electron chi connectivity index (χ2n) is 3.84. The molecule has 2 heterocycles. The van der Waals surface area contributed by atoms with E-state index in [-0.39, 0.29) is 0 Å². The molecule has 0 saturated carbocycles. The summed E-state index contributed by atoms with van der Waals surface area (Å²) in [6, 6.07) is 0.760. The van der Waals surface area contributed by atoms with E-state index in [9.17, 15) is 0 Å². The molecular weight excluding hydrogens is 162 g/mol. The summed E-state index contributed by atoms with van der Waals surface area (Å²) in [5.41, 5.74) is 3.22. The van der Waals surface area contributed by atoms with Crippen LogP contribution in [-0.4, -0.2) is 29.8 Å². The first-order chi connectivity index (χ1) is 6.42. The van der Waals surface area contributed by atoms with Crippen molar-refractivity contribution >= 4 is 0 Å². The maximum atomic E-state index is 3.22. The molecule has 2 aliphatic rings. The fourth-order valence-corrected chi connectivity index (χ4v) is 2.31. The molecule has 3 nitrogen and oxygen atoms in total. The molecule has 1 fully saturated rings. The van der Waals surface area contributed by atoms with Gasteiger partial charge < -0.3 is 0 Å². The quantitative estimate of drug-likeness (QED) is 0.661. The fourth-order valence-electron chi connectivity index (χ4n) is 2.31. The van der Waals surface area contributed by atoms with E-state index >= 15 is 0 Å². The Kier molecular flexibility index (Phi) is 2.86. The van der Waals surface area contributed by atoms with Crippen molar-refractivity contribution in [3.63, 3.8) is 0 Å². The lowest BCUT2D eigenvalue weighted by molar-refractivity contribution is -0.0695. The Morgan fingerprint density at radius 2 is 2.23 bits per heavy atom. The number of fused-ring (bicyclic) bond motifs is 1. The van der Waals surface area contributed by atoms with Gasteiger partial charge in [-0.3, -0.25) is 0 Å². The molecule has 0 amide bonds. The van der Waals surface area contributed by atoms with Crippen LogP contribution in [0.25, 0.3) is 0 Å². The Morgan fingerprint density at radius 3 is 3.08 bits per heavy atom. The van der Waals surface area contributed by atoms with Crippen molar-refractivity contribution in [2.45, 2.75) is 38.1 Å². The Labute approximate surface area is 80.3 Å². The van der Waals surface area contributed by atoms with Crippen molar-refractivity contribution in [2.75, 3.05) is 13.6 Å². The summed E-state index contributed by atoms with van der Waals surface area (Å²) < 4.78 is 0. The molecule has 0 aliphatic carbocycles. The largest absolute Gasteiger partial charge is 0.247 e. The van der Waals surface area contributed by atoms with Gasteiger partial charge in [0.05, 0.1) is 0 Å². The van der Waals surface area contributed by atoms with Gasteiger partial charge in [-0.1, -0.05) is 12.5 Å². The fraction of sp³-hybridized carbons (Fsp3) is 0.800. The number of hydrogen-bond donors (Lipinski definition) is 1. The van der Waals surface area contributed by atoms with Gasteiger partial charge in [-0.05, 0) is 25.7 Å². The van der Waals surface area contributed by atoms with Crippen molar-refractivity contribution in [1.82, 2.24) is 15.6 Å². The first-order valence-corrected chi connectivity index (χ1v) is 5.31. The van der Waals surface area contributed by atoms with Gasteiger partial charge >= 0.3 is 0 Å². The highest BCUT2D eigenvalue weighted by Gasteiger charge is 2.26. The number of nitrogens with zero attached hydrogens (tertiary/aromatic N) is 2. The van der Waals surface area contributed by atoms with Gasteiger partial charge in [0.1, 0.15) is 0 Å². The average Bonchev–Trinajstić information content (AvgIpc) is 2.39. The van der Waals surface area contributed by atoms with Gasteiger partial charge in [0.2, 0.25) is 0 Å². The third-order valence-electron chi connectivity index (χ3n) is 3.02. The Hall–Kier alpha value is -0.540. The summed E-state index contributed by atoms with van der Waals surface area (Å²) >= 11 is 0. The van der Waals surface area contributed by atoms with Crippen LogP contribution in [0, 0.1) is 0 Å². The van der Waals surface area contributed by atoms with Crippen LogP contribution in [0.3, 0.4) is 0 Å². The molecule has 0 radical (unpaired) electrons. The Balaban J connectivity index is 2.07. The number of hydrazine groups is 2. The molecule has 74 valence electrons. The lowest BCUT2D eigenvalue weighted by Gasteiger charge is -2.40. The molecular formula is C10H19N3. The van der Waals surface area contributed by atoms with Crippen LogP contribution in [0.2, 0.25) is 0 Å². The van der Waals surface area contributed by atoms with Crippen LogP contribution in [0.15, 0.2) is 12.3 Å². The number of nitrogens with one attached hydrogen (secondary N) is 1. The SMILES string of the molecule is CNN1C=CCCC2CCCCN21. The van der Waals surface area contributed by atoms with Gasteiger partial charge in [-0.25, -0.2) is 15.6 Å². The van der Waals surface area contributed by atoms with E-state index in [1.54, 1.807) is 0 Å². The summed E-state index contributed by atoms with van der Waals surface area (Å²) in [5.74, 6) is 0. The monoisotopic (exact) mass is 181 g/mol. The first-order valence-electron chi connectivity index (χ1n) is 5.31. The predicted molar refractivity (Wildman–Crippen MR) is 53.6 cm³/mol. The third-order valence-corrected chi connectivity index (χ3v) is 3.02. The summed E-state index contributed by atoms with van der Waals surface area (Å²) in [6.45, 7) is 1.20. The minimum Gasteiger partial charge on any atom is -0.247 e. The van der Waals surface area contributed by atoms with Gasteiger partial charge in [0, 0.05) is 25.8 Å². The molecule has 2 rings (SSSR count). The second-order valence-corrected chi connectivity index (χ2v) is 3.84. The van der Waals surface area contributed by atoms with Crippen molar-refractivity contribution < 1.29 is 0 Å². The Morgan fingerprint density at radius 1 is 1.31 bits per heavy atom. The lowest BCUT2D eigenvalue weighted by atomic mass is 10.0. The topological polar surface area (TPSA) is 18.5 Å². The maximum Gasteiger partial charge on any atom is 0.0311 e. The molecule has 1 unspecified atom stereocenters. The molecule has 0 aromatic heterocycles. The van der Waals surface area contributed by atoms with E-state index in [0.29, 0.717) is 0 Å². The summed E-state index contributed by atoms with van der Waals surface area (Å²) in [5, 5.41) is 4.61. The van der Waals surface area contributed by atoms with Crippen LogP contribution in [-0.2, 0) is 0 Å². The number of piperidine rings is 1. The minimum absolute atomic E-state index is 0.760. The Bertz CT molecular complexity index is 191. The molecule has 2 aliphatic heterocycles. The molecule has 13 heavy (non-hydrogen) atoms.